The molecule has 1 atom stereocenters. The molecule has 8 heteroatoms. The summed E-state index contributed by atoms with van der Waals surface area (Å²) < 4.78 is 50.3. The maximum atomic E-state index is 12.0. The van der Waals surface area contributed by atoms with Gasteiger partial charge >= 0.3 is 39.7 Å². The normalized spacial score (nSPS) is 12.3. The third kappa shape index (κ3) is 4.91. The first-order chi connectivity index (χ1) is 9.38. The summed E-state index contributed by atoms with van der Waals surface area (Å²) in [6, 6.07) is 11.3. The first-order valence-corrected chi connectivity index (χ1v) is 8.07. The van der Waals surface area contributed by atoms with E-state index in [1.807, 2.05) is 6.92 Å². The molecule has 0 fully saturated rings. The van der Waals surface area contributed by atoms with Crippen LogP contribution >= 0.6 is 0 Å². The van der Waals surface area contributed by atoms with E-state index in [2.05, 4.69) is 0 Å². The molecule has 0 aromatic heterocycles. The molecule has 0 N–H and O–H groups in total. The first kappa shape index (κ1) is 18.3. The molecular formula is C13H11NaO5S2. The van der Waals surface area contributed by atoms with Gasteiger partial charge in [-0.05, 0) is 54.4 Å². The molecule has 21 heavy (non-hydrogen) atoms. The van der Waals surface area contributed by atoms with E-state index < -0.39 is 21.2 Å². The second-order valence-electron chi connectivity index (χ2n) is 4.06. The van der Waals surface area contributed by atoms with Crippen molar-refractivity contribution in [3.63, 3.8) is 0 Å². The smallest absolute Gasteiger partial charge is 0.768 e. The SMILES string of the molecule is Cc1ccc(S(=O)(=O)Oc2ccc(S(=O)[O-])cc2)cc1.[Na+]. The van der Waals surface area contributed by atoms with E-state index in [1.54, 1.807) is 12.1 Å². The number of hydrogen-bond acceptors (Lipinski definition) is 5. The summed E-state index contributed by atoms with van der Waals surface area (Å²) >= 11 is -2.35. The zero-order chi connectivity index (χ0) is 14.8. The fourth-order valence-corrected chi connectivity index (χ4v) is 2.77. The fraction of sp³-hybridized carbons (Fsp3) is 0.0769. The van der Waals surface area contributed by atoms with Gasteiger partial charge in [-0.1, -0.05) is 17.7 Å². The van der Waals surface area contributed by atoms with Crippen molar-refractivity contribution in [1.29, 1.82) is 0 Å². The summed E-state index contributed by atoms with van der Waals surface area (Å²) in [5.74, 6) is 0.0553. The van der Waals surface area contributed by atoms with Crippen molar-refractivity contribution in [1.82, 2.24) is 0 Å². The minimum Gasteiger partial charge on any atom is -0.768 e. The Morgan fingerprint density at radius 1 is 1.00 bits per heavy atom. The van der Waals surface area contributed by atoms with Gasteiger partial charge in [0, 0.05) is 4.90 Å². The van der Waals surface area contributed by atoms with Crippen molar-refractivity contribution in [2.75, 3.05) is 0 Å². The van der Waals surface area contributed by atoms with Gasteiger partial charge in [-0.15, -0.1) is 0 Å². The van der Waals surface area contributed by atoms with Crippen molar-refractivity contribution >= 4 is 21.2 Å². The summed E-state index contributed by atoms with van der Waals surface area (Å²) in [4.78, 5) is 0.102. The van der Waals surface area contributed by atoms with Gasteiger partial charge in [0.25, 0.3) is 0 Å². The Hall–Kier alpha value is -0.700. The Kier molecular flexibility index (Phi) is 6.58. The molecule has 106 valence electrons. The topological polar surface area (TPSA) is 83.5 Å². The van der Waals surface area contributed by atoms with E-state index in [1.165, 1.54) is 36.4 Å². The zero-order valence-corrected chi connectivity index (χ0v) is 15.1. The molecule has 0 aliphatic rings. The standard InChI is InChI=1S/C13H12O5S2.Na/c1-10-2-8-13(9-3-10)20(16,17)18-11-4-6-12(7-5-11)19(14)15;/h2-9H,1H3,(H,14,15);/q;+1/p-1. The van der Waals surface area contributed by atoms with Crippen LogP contribution in [-0.2, 0) is 21.2 Å². The largest absolute Gasteiger partial charge is 1.00 e. The Labute approximate surface area is 148 Å². The number of benzene rings is 2. The van der Waals surface area contributed by atoms with Gasteiger partial charge < -0.3 is 8.74 Å². The second kappa shape index (κ2) is 7.53. The van der Waals surface area contributed by atoms with E-state index in [0.717, 1.165) is 5.56 Å². The third-order valence-electron chi connectivity index (χ3n) is 2.53. The predicted molar refractivity (Wildman–Crippen MR) is 72.6 cm³/mol. The van der Waals surface area contributed by atoms with Crippen LogP contribution in [0.15, 0.2) is 58.3 Å². The second-order valence-corrected chi connectivity index (χ2v) is 6.54. The maximum absolute atomic E-state index is 12.0. The van der Waals surface area contributed by atoms with Crippen molar-refractivity contribution in [3.05, 3.63) is 54.1 Å². The van der Waals surface area contributed by atoms with Crippen LogP contribution in [0.4, 0.5) is 0 Å². The maximum Gasteiger partial charge on any atom is 1.00 e. The van der Waals surface area contributed by atoms with Gasteiger partial charge in [-0.25, -0.2) is 0 Å². The van der Waals surface area contributed by atoms with Crippen LogP contribution in [0.25, 0.3) is 0 Å². The molecule has 2 aromatic rings. The van der Waals surface area contributed by atoms with Gasteiger partial charge in [-0.3, -0.25) is 4.21 Å². The molecule has 5 nitrogen and oxygen atoms in total. The van der Waals surface area contributed by atoms with Crippen LogP contribution in [0.5, 0.6) is 5.75 Å². The van der Waals surface area contributed by atoms with Crippen molar-refractivity contribution < 1.29 is 50.9 Å². The summed E-state index contributed by atoms with van der Waals surface area (Å²) in [5.41, 5.74) is 0.936. The van der Waals surface area contributed by atoms with E-state index in [-0.39, 0.29) is 45.1 Å². The Morgan fingerprint density at radius 3 is 2.00 bits per heavy atom. The molecular weight excluding hydrogens is 323 g/mol. The molecule has 0 bridgehead atoms. The Bertz CT molecular complexity index is 724. The van der Waals surface area contributed by atoms with E-state index in [4.69, 9.17) is 4.18 Å². The van der Waals surface area contributed by atoms with Crippen LogP contribution in [0.2, 0.25) is 0 Å². The minimum absolute atomic E-state index is 0. The fourth-order valence-electron chi connectivity index (χ4n) is 1.49. The van der Waals surface area contributed by atoms with Crippen LogP contribution < -0.4 is 33.7 Å². The summed E-state index contributed by atoms with van der Waals surface area (Å²) in [6.07, 6.45) is 0. The summed E-state index contributed by atoms with van der Waals surface area (Å²) in [5, 5.41) is 0. The molecule has 2 rings (SSSR count). The molecule has 0 spiro atoms. The van der Waals surface area contributed by atoms with Gasteiger partial charge in [0.2, 0.25) is 0 Å². The van der Waals surface area contributed by atoms with E-state index >= 15 is 0 Å². The van der Waals surface area contributed by atoms with E-state index in [0.29, 0.717) is 0 Å². The number of rotatable bonds is 4. The van der Waals surface area contributed by atoms with Crippen LogP contribution in [-0.4, -0.2) is 17.2 Å². The van der Waals surface area contributed by atoms with Gasteiger partial charge in [0.1, 0.15) is 10.6 Å². The average molecular weight is 334 g/mol. The molecule has 0 heterocycles. The molecule has 0 saturated heterocycles. The number of hydrogen-bond donors (Lipinski definition) is 0. The minimum atomic E-state index is -3.92. The van der Waals surface area contributed by atoms with Crippen molar-refractivity contribution in [2.45, 2.75) is 16.7 Å². The van der Waals surface area contributed by atoms with Gasteiger partial charge in [0.05, 0.1) is 0 Å². The van der Waals surface area contributed by atoms with E-state index in [9.17, 15) is 17.2 Å². The molecule has 0 radical (unpaired) electrons. The quantitative estimate of drug-likeness (QED) is 0.407. The van der Waals surface area contributed by atoms with Gasteiger partial charge in [-0.2, -0.15) is 8.42 Å². The average Bonchev–Trinajstić information content (AvgIpc) is 2.39. The van der Waals surface area contributed by atoms with Crippen LogP contribution in [0, 0.1) is 6.92 Å². The monoisotopic (exact) mass is 334 g/mol. The molecule has 0 aliphatic heterocycles. The number of aryl methyl sites for hydroxylation is 1. The Morgan fingerprint density at radius 2 is 1.52 bits per heavy atom. The van der Waals surface area contributed by atoms with Crippen LogP contribution in [0.1, 0.15) is 5.56 Å². The van der Waals surface area contributed by atoms with Crippen molar-refractivity contribution in [3.8, 4) is 5.75 Å². The summed E-state index contributed by atoms with van der Waals surface area (Å²) in [7, 11) is -3.92. The molecule has 0 saturated carbocycles. The first-order valence-electron chi connectivity index (χ1n) is 5.59. The molecule has 2 aromatic carbocycles. The van der Waals surface area contributed by atoms with Crippen molar-refractivity contribution in [2.24, 2.45) is 0 Å². The third-order valence-corrected chi connectivity index (χ3v) is 4.45. The molecule has 0 aliphatic carbocycles. The Balaban J connectivity index is 0.00000220. The van der Waals surface area contributed by atoms with Gasteiger partial charge in [0.15, 0.2) is 0 Å². The van der Waals surface area contributed by atoms with Crippen LogP contribution in [0.3, 0.4) is 0 Å². The zero-order valence-electron chi connectivity index (χ0n) is 11.5. The predicted octanol–water partition coefficient (Wildman–Crippen LogP) is -0.995. The molecule has 1 unspecified atom stereocenters. The molecule has 0 amide bonds. The summed E-state index contributed by atoms with van der Waals surface area (Å²) in [6.45, 7) is 1.85.